The summed E-state index contributed by atoms with van der Waals surface area (Å²) in [4.78, 5) is 0. The number of anilines is 1. The SMILES string of the molecule is CCc1ccccc1NCc1cc(Br)cc2c1OCC2. The number of halogens is 1. The molecule has 1 aliphatic rings. The Morgan fingerprint density at radius 3 is 2.90 bits per heavy atom. The first-order valence-corrected chi connectivity index (χ1v) is 7.83. The summed E-state index contributed by atoms with van der Waals surface area (Å²) >= 11 is 3.59. The third-order valence-corrected chi connectivity index (χ3v) is 4.15. The van der Waals surface area contributed by atoms with Crippen molar-refractivity contribution in [2.24, 2.45) is 0 Å². The van der Waals surface area contributed by atoms with Gasteiger partial charge in [0.2, 0.25) is 0 Å². The van der Waals surface area contributed by atoms with Crippen LogP contribution in [0.15, 0.2) is 40.9 Å². The molecule has 2 nitrogen and oxygen atoms in total. The first kappa shape index (κ1) is 13.5. The smallest absolute Gasteiger partial charge is 0.127 e. The number of hydrogen-bond acceptors (Lipinski definition) is 2. The van der Waals surface area contributed by atoms with E-state index in [1.165, 1.54) is 22.4 Å². The summed E-state index contributed by atoms with van der Waals surface area (Å²) in [6.07, 6.45) is 2.05. The third-order valence-electron chi connectivity index (χ3n) is 3.69. The Hall–Kier alpha value is -1.48. The van der Waals surface area contributed by atoms with Gasteiger partial charge in [0.15, 0.2) is 0 Å². The van der Waals surface area contributed by atoms with E-state index in [0.29, 0.717) is 0 Å². The highest BCUT2D eigenvalue weighted by atomic mass is 79.9. The van der Waals surface area contributed by atoms with Crippen LogP contribution in [0.3, 0.4) is 0 Å². The summed E-state index contributed by atoms with van der Waals surface area (Å²) in [7, 11) is 0. The molecule has 0 fully saturated rings. The summed E-state index contributed by atoms with van der Waals surface area (Å²) in [5.41, 5.74) is 5.08. The predicted octanol–water partition coefficient (Wildman–Crippen LogP) is 4.56. The molecule has 0 spiro atoms. The maximum atomic E-state index is 5.77. The van der Waals surface area contributed by atoms with Crippen molar-refractivity contribution in [1.29, 1.82) is 0 Å². The third kappa shape index (κ3) is 2.68. The van der Waals surface area contributed by atoms with Crippen LogP contribution in [0, 0.1) is 0 Å². The summed E-state index contributed by atoms with van der Waals surface area (Å²) < 4.78 is 6.90. The highest BCUT2D eigenvalue weighted by Gasteiger charge is 2.17. The first-order chi connectivity index (χ1) is 9.78. The minimum atomic E-state index is 0.790. The molecule has 2 aromatic carbocycles. The van der Waals surface area contributed by atoms with Crippen LogP contribution in [-0.2, 0) is 19.4 Å². The van der Waals surface area contributed by atoms with Crippen molar-refractivity contribution in [2.45, 2.75) is 26.3 Å². The molecule has 1 N–H and O–H groups in total. The van der Waals surface area contributed by atoms with Gasteiger partial charge in [-0.25, -0.2) is 0 Å². The summed E-state index contributed by atoms with van der Waals surface area (Å²) in [6.45, 7) is 3.77. The minimum absolute atomic E-state index is 0.790. The number of hydrogen-bond donors (Lipinski definition) is 1. The van der Waals surface area contributed by atoms with Gasteiger partial charge in [-0.3, -0.25) is 0 Å². The van der Waals surface area contributed by atoms with Crippen molar-refractivity contribution >= 4 is 21.6 Å². The fourth-order valence-corrected chi connectivity index (χ4v) is 3.22. The molecule has 0 bridgehead atoms. The van der Waals surface area contributed by atoms with Gasteiger partial charge in [-0.15, -0.1) is 0 Å². The Kier molecular flexibility index (Phi) is 3.97. The van der Waals surface area contributed by atoms with E-state index >= 15 is 0 Å². The zero-order valence-corrected chi connectivity index (χ0v) is 13.2. The highest BCUT2D eigenvalue weighted by Crippen LogP contribution is 2.33. The molecule has 0 aliphatic carbocycles. The van der Waals surface area contributed by atoms with Crippen molar-refractivity contribution in [3.63, 3.8) is 0 Å². The van der Waals surface area contributed by atoms with E-state index in [2.05, 4.69) is 64.6 Å². The fraction of sp³-hybridized carbons (Fsp3) is 0.294. The first-order valence-electron chi connectivity index (χ1n) is 7.04. The second-order valence-electron chi connectivity index (χ2n) is 5.02. The molecule has 1 aliphatic heterocycles. The average molecular weight is 332 g/mol. The lowest BCUT2D eigenvalue weighted by Crippen LogP contribution is -2.03. The monoisotopic (exact) mass is 331 g/mol. The van der Waals surface area contributed by atoms with Crippen molar-refractivity contribution in [3.05, 3.63) is 57.6 Å². The van der Waals surface area contributed by atoms with E-state index in [0.717, 1.165) is 36.2 Å². The number of rotatable bonds is 4. The molecule has 0 atom stereocenters. The molecule has 0 radical (unpaired) electrons. The Morgan fingerprint density at radius 1 is 1.20 bits per heavy atom. The van der Waals surface area contributed by atoms with E-state index in [9.17, 15) is 0 Å². The molecule has 104 valence electrons. The number of aryl methyl sites for hydroxylation is 1. The second kappa shape index (κ2) is 5.88. The number of fused-ring (bicyclic) bond motifs is 1. The van der Waals surface area contributed by atoms with Crippen LogP contribution < -0.4 is 10.1 Å². The van der Waals surface area contributed by atoms with E-state index in [1.54, 1.807) is 0 Å². The molecule has 1 heterocycles. The number of ether oxygens (including phenoxy) is 1. The van der Waals surface area contributed by atoms with Crippen LogP contribution in [0.1, 0.15) is 23.6 Å². The number of nitrogens with one attached hydrogen (secondary N) is 1. The summed E-state index contributed by atoms with van der Waals surface area (Å²) in [6, 6.07) is 12.8. The molecule has 0 unspecified atom stereocenters. The van der Waals surface area contributed by atoms with Crippen LogP contribution in [0.5, 0.6) is 5.75 Å². The summed E-state index contributed by atoms with van der Waals surface area (Å²) in [5, 5.41) is 3.54. The maximum Gasteiger partial charge on any atom is 0.127 e. The van der Waals surface area contributed by atoms with E-state index in [4.69, 9.17) is 4.74 Å². The lowest BCUT2D eigenvalue weighted by atomic mass is 10.1. The Balaban J connectivity index is 1.82. The zero-order chi connectivity index (χ0) is 13.9. The zero-order valence-electron chi connectivity index (χ0n) is 11.6. The van der Waals surface area contributed by atoms with Gasteiger partial charge >= 0.3 is 0 Å². The Morgan fingerprint density at radius 2 is 2.05 bits per heavy atom. The van der Waals surface area contributed by atoms with Gasteiger partial charge in [-0.05, 0) is 35.7 Å². The van der Waals surface area contributed by atoms with Gasteiger partial charge in [0.1, 0.15) is 5.75 Å². The predicted molar refractivity (Wildman–Crippen MR) is 86.5 cm³/mol. The van der Waals surface area contributed by atoms with Crippen LogP contribution in [0.4, 0.5) is 5.69 Å². The fourth-order valence-electron chi connectivity index (χ4n) is 2.67. The number of benzene rings is 2. The summed E-state index contributed by atoms with van der Waals surface area (Å²) in [5.74, 6) is 1.06. The molecule has 3 heteroatoms. The van der Waals surface area contributed by atoms with Gasteiger partial charge in [0, 0.05) is 28.7 Å². The molecule has 0 saturated carbocycles. The highest BCUT2D eigenvalue weighted by molar-refractivity contribution is 9.10. The van der Waals surface area contributed by atoms with E-state index in [1.807, 2.05) is 0 Å². The van der Waals surface area contributed by atoms with Crippen molar-refractivity contribution in [1.82, 2.24) is 0 Å². The van der Waals surface area contributed by atoms with Gasteiger partial charge in [0.05, 0.1) is 6.61 Å². The quantitative estimate of drug-likeness (QED) is 0.886. The van der Waals surface area contributed by atoms with Crippen LogP contribution in [0.2, 0.25) is 0 Å². The molecule has 2 aromatic rings. The largest absolute Gasteiger partial charge is 0.493 e. The molecule has 0 aromatic heterocycles. The molecule has 3 rings (SSSR count). The maximum absolute atomic E-state index is 5.77. The Bertz CT molecular complexity index is 624. The standard InChI is InChI=1S/C17H18BrNO/c1-2-12-5-3-4-6-16(12)19-11-14-10-15(18)9-13-7-8-20-17(13)14/h3-6,9-10,19H,2,7-8,11H2,1H3. The van der Waals surface area contributed by atoms with Gasteiger partial charge < -0.3 is 10.1 Å². The topological polar surface area (TPSA) is 21.3 Å². The van der Waals surface area contributed by atoms with Gasteiger partial charge in [-0.2, -0.15) is 0 Å². The molecule has 20 heavy (non-hydrogen) atoms. The van der Waals surface area contributed by atoms with Crippen molar-refractivity contribution < 1.29 is 4.74 Å². The van der Waals surface area contributed by atoms with Crippen LogP contribution in [-0.4, -0.2) is 6.61 Å². The molecular weight excluding hydrogens is 314 g/mol. The lowest BCUT2D eigenvalue weighted by molar-refractivity contribution is 0.354. The molecule has 0 saturated heterocycles. The minimum Gasteiger partial charge on any atom is -0.493 e. The van der Waals surface area contributed by atoms with Crippen LogP contribution in [0.25, 0.3) is 0 Å². The van der Waals surface area contributed by atoms with Gasteiger partial charge in [0.25, 0.3) is 0 Å². The average Bonchev–Trinajstić information content (AvgIpc) is 2.93. The van der Waals surface area contributed by atoms with Crippen LogP contribution >= 0.6 is 15.9 Å². The van der Waals surface area contributed by atoms with Crippen molar-refractivity contribution in [2.75, 3.05) is 11.9 Å². The molecular formula is C17H18BrNO. The lowest BCUT2D eigenvalue weighted by Gasteiger charge is -2.13. The van der Waals surface area contributed by atoms with E-state index < -0.39 is 0 Å². The van der Waals surface area contributed by atoms with Crippen molar-refractivity contribution in [3.8, 4) is 5.75 Å². The normalized spacial score (nSPS) is 12.9. The number of para-hydroxylation sites is 1. The van der Waals surface area contributed by atoms with Gasteiger partial charge in [-0.1, -0.05) is 41.1 Å². The Labute approximate surface area is 128 Å². The van der Waals surface area contributed by atoms with E-state index in [-0.39, 0.29) is 0 Å². The molecule has 0 amide bonds. The second-order valence-corrected chi connectivity index (χ2v) is 5.93.